The summed E-state index contributed by atoms with van der Waals surface area (Å²) in [6, 6.07) is 4.15. The van der Waals surface area contributed by atoms with Gasteiger partial charge in [0.15, 0.2) is 0 Å². The van der Waals surface area contributed by atoms with Crippen LogP contribution in [0.15, 0.2) is 24.5 Å². The standard InChI is InChI=1S/C17H29N3O/c1-3-9-19-17(14-21,16-4-5-16)13-20(2)12-8-15-6-10-18-11-7-15/h6-7,10-11,16,19,21H,3-5,8-9,12-14H2,1-2H3. The monoisotopic (exact) mass is 291 g/mol. The van der Waals surface area contributed by atoms with Gasteiger partial charge in [0.05, 0.1) is 12.1 Å². The molecule has 0 amide bonds. The Bertz CT molecular complexity index is 408. The van der Waals surface area contributed by atoms with Gasteiger partial charge in [-0.1, -0.05) is 6.92 Å². The molecule has 0 bridgehead atoms. The molecule has 1 aromatic heterocycles. The molecule has 1 fully saturated rings. The molecule has 1 unspecified atom stereocenters. The zero-order valence-corrected chi connectivity index (χ0v) is 13.4. The van der Waals surface area contributed by atoms with Gasteiger partial charge in [-0.2, -0.15) is 0 Å². The third kappa shape index (κ3) is 4.77. The first-order valence-corrected chi connectivity index (χ1v) is 8.13. The van der Waals surface area contributed by atoms with E-state index < -0.39 is 0 Å². The third-order valence-corrected chi connectivity index (χ3v) is 4.45. The van der Waals surface area contributed by atoms with E-state index in [1.54, 1.807) is 0 Å². The molecule has 1 aromatic rings. The number of nitrogens with zero attached hydrogens (tertiary/aromatic N) is 2. The van der Waals surface area contributed by atoms with E-state index in [1.807, 2.05) is 12.4 Å². The highest BCUT2D eigenvalue weighted by atomic mass is 16.3. The molecule has 1 aliphatic rings. The van der Waals surface area contributed by atoms with Gasteiger partial charge in [0.2, 0.25) is 0 Å². The van der Waals surface area contributed by atoms with E-state index in [4.69, 9.17) is 0 Å². The summed E-state index contributed by atoms with van der Waals surface area (Å²) in [5.74, 6) is 0.637. The summed E-state index contributed by atoms with van der Waals surface area (Å²) in [5.41, 5.74) is 1.21. The van der Waals surface area contributed by atoms with Gasteiger partial charge in [-0.15, -0.1) is 0 Å². The summed E-state index contributed by atoms with van der Waals surface area (Å²) in [7, 11) is 2.15. The molecule has 0 aromatic carbocycles. The number of rotatable bonds is 10. The molecule has 0 spiro atoms. The predicted molar refractivity (Wildman–Crippen MR) is 86.3 cm³/mol. The van der Waals surface area contributed by atoms with Crippen LogP contribution in [0.25, 0.3) is 0 Å². The SMILES string of the molecule is CCCNC(CO)(CN(C)CCc1ccncc1)C1CC1. The molecule has 2 N–H and O–H groups in total. The lowest BCUT2D eigenvalue weighted by Crippen LogP contribution is -2.57. The molecular weight excluding hydrogens is 262 g/mol. The molecule has 2 rings (SSSR count). The number of aromatic nitrogens is 1. The molecule has 1 atom stereocenters. The highest BCUT2D eigenvalue weighted by Gasteiger charge is 2.44. The maximum atomic E-state index is 9.95. The van der Waals surface area contributed by atoms with Crippen LogP contribution in [0.4, 0.5) is 0 Å². The van der Waals surface area contributed by atoms with Crippen LogP contribution in [0, 0.1) is 5.92 Å². The maximum Gasteiger partial charge on any atom is 0.0628 e. The van der Waals surface area contributed by atoms with E-state index in [-0.39, 0.29) is 12.1 Å². The first kappa shape index (κ1) is 16.4. The van der Waals surface area contributed by atoms with Gasteiger partial charge in [-0.3, -0.25) is 4.98 Å². The van der Waals surface area contributed by atoms with Crippen LogP contribution in [-0.4, -0.2) is 53.8 Å². The minimum atomic E-state index is -0.108. The molecule has 0 radical (unpaired) electrons. The van der Waals surface area contributed by atoms with E-state index in [1.165, 1.54) is 18.4 Å². The molecule has 1 aliphatic carbocycles. The summed E-state index contributed by atoms with van der Waals surface area (Å²) in [4.78, 5) is 6.40. The van der Waals surface area contributed by atoms with Gasteiger partial charge in [0.1, 0.15) is 0 Å². The van der Waals surface area contributed by atoms with E-state index in [9.17, 15) is 5.11 Å². The second-order valence-electron chi connectivity index (χ2n) is 6.36. The van der Waals surface area contributed by atoms with Crippen molar-refractivity contribution in [3.8, 4) is 0 Å². The lowest BCUT2D eigenvalue weighted by molar-refractivity contribution is 0.101. The highest BCUT2D eigenvalue weighted by Crippen LogP contribution is 2.40. The van der Waals surface area contributed by atoms with Crippen molar-refractivity contribution in [2.75, 3.05) is 33.3 Å². The fourth-order valence-electron chi connectivity index (χ4n) is 3.00. The van der Waals surface area contributed by atoms with Gasteiger partial charge in [0, 0.05) is 25.5 Å². The summed E-state index contributed by atoms with van der Waals surface area (Å²) in [5, 5.41) is 13.6. The molecular formula is C17H29N3O. The van der Waals surface area contributed by atoms with E-state index in [2.05, 4.69) is 41.3 Å². The van der Waals surface area contributed by atoms with Crippen LogP contribution in [0.2, 0.25) is 0 Å². The summed E-state index contributed by atoms with van der Waals surface area (Å²) in [6.45, 7) is 5.31. The van der Waals surface area contributed by atoms with Crippen LogP contribution >= 0.6 is 0 Å². The van der Waals surface area contributed by atoms with Gasteiger partial charge < -0.3 is 15.3 Å². The number of aliphatic hydroxyl groups is 1. The fourth-order valence-corrected chi connectivity index (χ4v) is 3.00. The molecule has 21 heavy (non-hydrogen) atoms. The van der Waals surface area contributed by atoms with Crippen molar-refractivity contribution < 1.29 is 5.11 Å². The fraction of sp³-hybridized carbons (Fsp3) is 0.706. The van der Waals surface area contributed by atoms with Crippen molar-refractivity contribution in [3.63, 3.8) is 0 Å². The molecule has 1 heterocycles. The first-order valence-electron chi connectivity index (χ1n) is 8.13. The molecule has 0 saturated heterocycles. The maximum absolute atomic E-state index is 9.95. The number of hydrogen-bond acceptors (Lipinski definition) is 4. The van der Waals surface area contributed by atoms with E-state index in [0.29, 0.717) is 5.92 Å². The minimum Gasteiger partial charge on any atom is -0.394 e. The number of aliphatic hydroxyl groups excluding tert-OH is 1. The zero-order chi connectivity index (χ0) is 15.1. The van der Waals surface area contributed by atoms with Crippen LogP contribution < -0.4 is 5.32 Å². The Hall–Kier alpha value is -0.970. The van der Waals surface area contributed by atoms with Gasteiger partial charge >= 0.3 is 0 Å². The summed E-state index contributed by atoms with van der Waals surface area (Å²) in [6.07, 6.45) is 8.32. The Morgan fingerprint density at radius 1 is 1.38 bits per heavy atom. The Morgan fingerprint density at radius 3 is 2.67 bits per heavy atom. The minimum absolute atomic E-state index is 0.108. The van der Waals surface area contributed by atoms with Crippen molar-refractivity contribution in [2.45, 2.75) is 38.1 Å². The molecule has 1 saturated carbocycles. The molecule has 4 heteroatoms. The number of hydrogen-bond donors (Lipinski definition) is 2. The topological polar surface area (TPSA) is 48.4 Å². The van der Waals surface area contributed by atoms with Gasteiger partial charge in [0.25, 0.3) is 0 Å². The average molecular weight is 291 g/mol. The normalized spacial score (nSPS) is 17.9. The van der Waals surface area contributed by atoms with E-state index >= 15 is 0 Å². The van der Waals surface area contributed by atoms with Crippen molar-refractivity contribution in [1.29, 1.82) is 0 Å². The largest absolute Gasteiger partial charge is 0.394 e. The Balaban J connectivity index is 1.87. The third-order valence-electron chi connectivity index (χ3n) is 4.45. The number of nitrogens with one attached hydrogen (secondary N) is 1. The quantitative estimate of drug-likeness (QED) is 0.689. The Labute approximate surface area is 128 Å². The average Bonchev–Trinajstić information content (AvgIpc) is 3.36. The lowest BCUT2D eigenvalue weighted by Gasteiger charge is -2.37. The van der Waals surface area contributed by atoms with Crippen molar-refractivity contribution in [1.82, 2.24) is 15.2 Å². The molecule has 0 aliphatic heterocycles. The zero-order valence-electron chi connectivity index (χ0n) is 13.4. The Kier molecular flexibility index (Phi) is 6.15. The van der Waals surface area contributed by atoms with Crippen LogP contribution in [-0.2, 0) is 6.42 Å². The Morgan fingerprint density at radius 2 is 2.10 bits per heavy atom. The smallest absolute Gasteiger partial charge is 0.0628 e. The second-order valence-corrected chi connectivity index (χ2v) is 6.36. The van der Waals surface area contributed by atoms with Crippen molar-refractivity contribution >= 4 is 0 Å². The predicted octanol–water partition coefficient (Wildman–Crippen LogP) is 1.70. The van der Waals surface area contributed by atoms with Gasteiger partial charge in [-0.05, 0) is 62.9 Å². The first-order chi connectivity index (χ1) is 10.2. The molecule has 118 valence electrons. The number of pyridine rings is 1. The van der Waals surface area contributed by atoms with Crippen LogP contribution in [0.5, 0.6) is 0 Å². The van der Waals surface area contributed by atoms with Crippen LogP contribution in [0.3, 0.4) is 0 Å². The summed E-state index contributed by atoms with van der Waals surface area (Å²) >= 11 is 0. The summed E-state index contributed by atoms with van der Waals surface area (Å²) < 4.78 is 0. The molecule has 4 nitrogen and oxygen atoms in total. The number of likely N-dealkylation sites (N-methyl/N-ethyl adjacent to an activating group) is 1. The van der Waals surface area contributed by atoms with Crippen molar-refractivity contribution in [3.05, 3.63) is 30.1 Å². The van der Waals surface area contributed by atoms with Crippen molar-refractivity contribution in [2.24, 2.45) is 5.92 Å². The lowest BCUT2D eigenvalue weighted by atomic mass is 9.93. The highest BCUT2D eigenvalue weighted by molar-refractivity contribution is 5.10. The second kappa shape index (κ2) is 7.87. The van der Waals surface area contributed by atoms with Gasteiger partial charge in [-0.25, -0.2) is 0 Å². The van der Waals surface area contributed by atoms with Crippen LogP contribution in [0.1, 0.15) is 31.7 Å². The van der Waals surface area contributed by atoms with E-state index in [0.717, 1.165) is 32.5 Å².